The average Bonchev–Trinajstić information content (AvgIpc) is 2.66. The van der Waals surface area contributed by atoms with E-state index in [-0.39, 0.29) is 5.91 Å². The van der Waals surface area contributed by atoms with E-state index in [2.05, 4.69) is 30.9 Å². The summed E-state index contributed by atoms with van der Waals surface area (Å²) in [5, 5.41) is 9.20. The van der Waals surface area contributed by atoms with Crippen molar-refractivity contribution in [2.24, 2.45) is 0 Å². The van der Waals surface area contributed by atoms with Gasteiger partial charge in [-0.05, 0) is 31.2 Å². The van der Waals surface area contributed by atoms with Gasteiger partial charge in [0.25, 0.3) is 5.91 Å². The number of carbonyl (C=O) groups is 1. The fourth-order valence-corrected chi connectivity index (χ4v) is 2.35. The Bertz CT molecular complexity index is 854. The van der Waals surface area contributed by atoms with Crippen LogP contribution in [-0.4, -0.2) is 33.9 Å². The molecule has 1 amide bonds. The quantitative estimate of drug-likeness (QED) is 0.569. The van der Waals surface area contributed by atoms with E-state index in [0.717, 1.165) is 0 Å². The van der Waals surface area contributed by atoms with Crippen molar-refractivity contribution in [3.05, 3.63) is 72.2 Å². The highest BCUT2D eigenvalue weighted by molar-refractivity contribution is 5.94. The zero-order valence-corrected chi connectivity index (χ0v) is 14.4. The Balaban J connectivity index is 1.52. The minimum atomic E-state index is -0.0937. The summed E-state index contributed by atoms with van der Waals surface area (Å²) in [5.41, 5.74) is 0.646. The van der Waals surface area contributed by atoms with Crippen molar-refractivity contribution in [2.45, 2.75) is 6.92 Å². The monoisotopic (exact) mass is 348 g/mol. The smallest absolute Gasteiger partial charge is 0.251 e. The number of anilines is 3. The van der Waals surface area contributed by atoms with Crippen LogP contribution >= 0.6 is 0 Å². The van der Waals surface area contributed by atoms with Crippen LogP contribution in [0.3, 0.4) is 0 Å². The minimum absolute atomic E-state index is 0.0937. The molecule has 0 bridgehead atoms. The normalized spacial score (nSPS) is 10.2. The molecular formula is C19H20N6O. The Morgan fingerprint density at radius 1 is 0.923 bits per heavy atom. The van der Waals surface area contributed by atoms with Gasteiger partial charge in [-0.3, -0.25) is 4.79 Å². The van der Waals surface area contributed by atoms with Gasteiger partial charge in [-0.25, -0.2) is 15.0 Å². The lowest BCUT2D eigenvalue weighted by molar-refractivity contribution is 0.0955. The average molecular weight is 348 g/mol. The summed E-state index contributed by atoms with van der Waals surface area (Å²) in [6.45, 7) is 2.86. The van der Waals surface area contributed by atoms with E-state index in [1.54, 1.807) is 24.4 Å². The molecule has 7 nitrogen and oxygen atoms in total. The van der Waals surface area contributed by atoms with Crippen molar-refractivity contribution < 1.29 is 4.79 Å². The van der Waals surface area contributed by atoms with Crippen LogP contribution in [0.15, 0.2) is 60.8 Å². The van der Waals surface area contributed by atoms with Gasteiger partial charge in [0.05, 0.1) is 0 Å². The molecular weight excluding hydrogens is 328 g/mol. The number of nitrogens with zero attached hydrogens (tertiary/aromatic N) is 3. The lowest BCUT2D eigenvalue weighted by Crippen LogP contribution is -2.28. The molecule has 0 aliphatic carbocycles. The number of benzene rings is 1. The number of hydrogen-bond acceptors (Lipinski definition) is 6. The fourth-order valence-electron chi connectivity index (χ4n) is 2.35. The van der Waals surface area contributed by atoms with E-state index >= 15 is 0 Å². The summed E-state index contributed by atoms with van der Waals surface area (Å²) in [7, 11) is 0. The second-order valence-corrected chi connectivity index (χ2v) is 5.57. The summed E-state index contributed by atoms with van der Waals surface area (Å²) in [6, 6.07) is 16.6. The summed E-state index contributed by atoms with van der Waals surface area (Å²) < 4.78 is 0. The second-order valence-electron chi connectivity index (χ2n) is 5.57. The van der Waals surface area contributed by atoms with E-state index < -0.39 is 0 Å². The maximum Gasteiger partial charge on any atom is 0.251 e. The molecule has 0 spiro atoms. The van der Waals surface area contributed by atoms with Crippen molar-refractivity contribution in [1.82, 2.24) is 20.3 Å². The first-order valence-electron chi connectivity index (χ1n) is 8.31. The molecule has 0 saturated heterocycles. The second kappa shape index (κ2) is 8.57. The topological polar surface area (TPSA) is 91.8 Å². The summed E-state index contributed by atoms with van der Waals surface area (Å²) >= 11 is 0. The van der Waals surface area contributed by atoms with E-state index in [1.807, 2.05) is 43.3 Å². The molecule has 0 aliphatic heterocycles. The number of nitrogens with one attached hydrogen (secondary N) is 3. The molecule has 3 N–H and O–H groups in total. The van der Waals surface area contributed by atoms with E-state index in [1.165, 1.54) is 0 Å². The zero-order valence-electron chi connectivity index (χ0n) is 14.4. The Labute approximate surface area is 151 Å². The molecule has 132 valence electrons. The molecule has 0 aliphatic rings. The number of rotatable bonds is 7. The third-order valence-electron chi connectivity index (χ3n) is 3.51. The third-order valence-corrected chi connectivity index (χ3v) is 3.51. The fraction of sp³-hybridized carbons (Fsp3) is 0.158. The van der Waals surface area contributed by atoms with Gasteiger partial charge in [0.2, 0.25) is 0 Å². The molecule has 26 heavy (non-hydrogen) atoms. The lowest BCUT2D eigenvalue weighted by Gasteiger charge is -2.10. The lowest BCUT2D eigenvalue weighted by atomic mass is 10.2. The van der Waals surface area contributed by atoms with Crippen molar-refractivity contribution in [1.29, 1.82) is 0 Å². The molecule has 3 rings (SSSR count). The largest absolute Gasteiger partial charge is 0.368 e. The van der Waals surface area contributed by atoms with Crippen molar-refractivity contribution in [3.8, 4) is 0 Å². The molecule has 3 aromatic rings. The number of amides is 1. The SMILES string of the molecule is Cc1nc(NCCNC(=O)c2ccccc2)cc(Nc2ccccn2)n1. The van der Waals surface area contributed by atoms with Crippen LogP contribution in [0.5, 0.6) is 0 Å². The predicted molar refractivity (Wildman–Crippen MR) is 102 cm³/mol. The van der Waals surface area contributed by atoms with Crippen molar-refractivity contribution in [2.75, 3.05) is 23.7 Å². The Kier molecular flexibility index (Phi) is 5.72. The van der Waals surface area contributed by atoms with Crippen molar-refractivity contribution in [3.63, 3.8) is 0 Å². The maximum absolute atomic E-state index is 12.0. The molecule has 7 heteroatoms. The molecule has 2 heterocycles. The first-order chi connectivity index (χ1) is 12.7. The summed E-state index contributed by atoms with van der Waals surface area (Å²) in [5.74, 6) is 2.61. The highest BCUT2D eigenvalue weighted by Crippen LogP contribution is 2.15. The Morgan fingerprint density at radius 3 is 2.46 bits per heavy atom. The number of carbonyl (C=O) groups excluding carboxylic acids is 1. The van der Waals surface area contributed by atoms with E-state index in [0.29, 0.717) is 41.9 Å². The number of hydrogen-bond donors (Lipinski definition) is 3. The number of aryl methyl sites for hydroxylation is 1. The molecule has 0 unspecified atom stereocenters. The summed E-state index contributed by atoms with van der Waals surface area (Å²) in [6.07, 6.45) is 1.71. The van der Waals surface area contributed by atoms with Gasteiger partial charge < -0.3 is 16.0 Å². The van der Waals surface area contributed by atoms with Crippen LogP contribution in [0.2, 0.25) is 0 Å². The first-order valence-corrected chi connectivity index (χ1v) is 8.31. The highest BCUT2D eigenvalue weighted by Gasteiger charge is 2.05. The van der Waals surface area contributed by atoms with Gasteiger partial charge in [-0.15, -0.1) is 0 Å². The maximum atomic E-state index is 12.0. The highest BCUT2D eigenvalue weighted by atomic mass is 16.1. The van der Waals surface area contributed by atoms with E-state index in [9.17, 15) is 4.79 Å². The van der Waals surface area contributed by atoms with Gasteiger partial charge in [0.1, 0.15) is 23.3 Å². The zero-order chi connectivity index (χ0) is 18.2. The molecule has 0 radical (unpaired) electrons. The van der Waals surface area contributed by atoms with Crippen LogP contribution in [0.25, 0.3) is 0 Å². The Hall–Kier alpha value is -3.48. The number of aromatic nitrogens is 3. The third kappa shape index (κ3) is 5.01. The van der Waals surface area contributed by atoms with Crippen LogP contribution in [0, 0.1) is 6.92 Å². The van der Waals surface area contributed by atoms with Crippen LogP contribution < -0.4 is 16.0 Å². The standard InChI is InChI=1S/C19H20N6O/c1-14-23-17(13-18(24-14)25-16-9-5-6-10-20-16)21-11-12-22-19(26)15-7-3-2-4-8-15/h2-10,13H,11-12H2,1H3,(H,22,26)(H2,20,21,23,24,25). The first kappa shape index (κ1) is 17.3. The van der Waals surface area contributed by atoms with Gasteiger partial charge >= 0.3 is 0 Å². The predicted octanol–water partition coefficient (Wildman–Crippen LogP) is 2.77. The molecule has 2 aromatic heterocycles. The summed E-state index contributed by atoms with van der Waals surface area (Å²) in [4.78, 5) is 24.9. The van der Waals surface area contributed by atoms with Crippen molar-refractivity contribution >= 4 is 23.4 Å². The van der Waals surface area contributed by atoms with Crippen LogP contribution in [0.1, 0.15) is 16.2 Å². The molecule has 0 atom stereocenters. The van der Waals surface area contributed by atoms with Crippen LogP contribution in [0.4, 0.5) is 17.5 Å². The molecule has 0 saturated carbocycles. The Morgan fingerprint density at radius 2 is 1.69 bits per heavy atom. The van der Waals surface area contributed by atoms with Gasteiger partial charge in [0.15, 0.2) is 0 Å². The van der Waals surface area contributed by atoms with Crippen LogP contribution in [-0.2, 0) is 0 Å². The number of pyridine rings is 1. The van der Waals surface area contributed by atoms with Gasteiger partial charge in [-0.1, -0.05) is 24.3 Å². The van der Waals surface area contributed by atoms with E-state index in [4.69, 9.17) is 0 Å². The van der Waals surface area contributed by atoms with Gasteiger partial charge in [-0.2, -0.15) is 0 Å². The molecule has 0 fully saturated rings. The van der Waals surface area contributed by atoms with Gasteiger partial charge in [0, 0.05) is 30.9 Å². The minimum Gasteiger partial charge on any atom is -0.368 e. The molecule has 1 aromatic carbocycles.